The molecule has 0 fully saturated rings. The highest BCUT2D eigenvalue weighted by Gasteiger charge is 2.36. The molecule has 0 unspecified atom stereocenters. The normalized spacial score (nSPS) is 12.1. The lowest BCUT2D eigenvalue weighted by Gasteiger charge is -2.35. The molecule has 1 atom stereocenters. The van der Waals surface area contributed by atoms with E-state index in [0.29, 0.717) is 5.75 Å². The number of amides is 2. The Hall–Kier alpha value is -4.83. The summed E-state index contributed by atoms with van der Waals surface area (Å²) in [5.41, 5.74) is 2.19. The predicted octanol–water partition coefficient (Wildman–Crippen LogP) is 5.76. The minimum absolute atomic E-state index is 0.00535. The highest BCUT2D eigenvalue weighted by Crippen LogP contribution is 2.36. The average Bonchev–Trinajstić information content (AvgIpc) is 3.04. The monoisotopic (exact) mass is 657 g/mol. The summed E-state index contributed by atoms with van der Waals surface area (Å²) in [4.78, 5) is 30.2. The average molecular weight is 658 g/mol. The van der Waals surface area contributed by atoms with Crippen molar-refractivity contribution >= 4 is 27.5 Å². The Labute approximate surface area is 278 Å². The summed E-state index contributed by atoms with van der Waals surface area (Å²) >= 11 is 0. The highest BCUT2D eigenvalue weighted by atomic mass is 32.2. The molecule has 9 nitrogen and oxygen atoms in total. The first-order valence-corrected chi connectivity index (χ1v) is 16.8. The van der Waals surface area contributed by atoms with Gasteiger partial charge in [-0.25, -0.2) is 8.42 Å². The zero-order valence-electron chi connectivity index (χ0n) is 27.8. The van der Waals surface area contributed by atoms with Gasteiger partial charge in [0.1, 0.15) is 24.1 Å². The van der Waals surface area contributed by atoms with Crippen molar-refractivity contribution in [3.63, 3.8) is 0 Å². The zero-order chi connectivity index (χ0) is 34.2. The van der Waals surface area contributed by atoms with Crippen molar-refractivity contribution in [1.29, 1.82) is 0 Å². The van der Waals surface area contributed by atoms with Crippen LogP contribution in [0, 0.1) is 6.92 Å². The third kappa shape index (κ3) is 9.13. The number of hydrogen-bond donors (Lipinski definition) is 1. The number of anilines is 1. The van der Waals surface area contributed by atoms with Crippen LogP contribution in [-0.2, 0) is 32.6 Å². The summed E-state index contributed by atoms with van der Waals surface area (Å²) in [7, 11) is -1.41. The molecule has 10 heteroatoms. The predicted molar refractivity (Wildman–Crippen MR) is 184 cm³/mol. The molecule has 0 aliphatic rings. The summed E-state index contributed by atoms with van der Waals surface area (Å²) in [5.74, 6) is -0.307. The van der Waals surface area contributed by atoms with Gasteiger partial charge >= 0.3 is 0 Å². The van der Waals surface area contributed by atoms with Crippen LogP contribution in [0.5, 0.6) is 11.5 Å². The van der Waals surface area contributed by atoms with Gasteiger partial charge in [-0.05, 0) is 63.1 Å². The van der Waals surface area contributed by atoms with Gasteiger partial charge < -0.3 is 19.7 Å². The first-order chi connectivity index (χ1) is 22.3. The van der Waals surface area contributed by atoms with E-state index < -0.39 is 34.1 Å². The van der Waals surface area contributed by atoms with Gasteiger partial charge in [0.15, 0.2) is 0 Å². The largest absolute Gasteiger partial charge is 0.497 e. The smallest absolute Gasteiger partial charge is 0.264 e. The lowest BCUT2D eigenvalue weighted by Crippen LogP contribution is -2.56. The van der Waals surface area contributed by atoms with E-state index in [2.05, 4.69) is 5.32 Å². The van der Waals surface area contributed by atoms with Crippen LogP contribution in [0.25, 0.3) is 0 Å². The Morgan fingerprint density at radius 1 is 0.809 bits per heavy atom. The Bertz CT molecular complexity index is 1770. The lowest BCUT2D eigenvalue weighted by atomic mass is 10.0. The Kier molecular flexibility index (Phi) is 11.3. The van der Waals surface area contributed by atoms with Crippen LogP contribution in [0.2, 0.25) is 0 Å². The molecular formula is C37H43N3O6S. The van der Waals surface area contributed by atoms with Gasteiger partial charge in [-0.15, -0.1) is 0 Å². The molecule has 4 aromatic rings. The van der Waals surface area contributed by atoms with Crippen LogP contribution in [0.15, 0.2) is 108 Å². The standard InChI is InChI=1S/C37H43N3O6S/c1-27-14-13-17-29(22-27)25-39(33(36(42)38-37(2,3)4)23-28-15-9-7-10-16-28)35(41)26-40(47(43,44)31-18-11-8-12-19-31)32-24-30(45-5)20-21-34(32)46-6/h7-22,24,33H,23,25-26H2,1-6H3,(H,38,42)/t33-/m0/s1. The number of methoxy groups -OCH3 is 2. The fourth-order valence-electron chi connectivity index (χ4n) is 5.24. The molecule has 0 saturated heterocycles. The van der Waals surface area contributed by atoms with Gasteiger partial charge in [0, 0.05) is 24.6 Å². The van der Waals surface area contributed by atoms with Gasteiger partial charge in [0.05, 0.1) is 24.8 Å². The zero-order valence-corrected chi connectivity index (χ0v) is 28.6. The third-order valence-electron chi connectivity index (χ3n) is 7.47. The number of hydrogen-bond acceptors (Lipinski definition) is 6. The first kappa shape index (κ1) is 35.0. The van der Waals surface area contributed by atoms with Crippen molar-refractivity contribution in [3.05, 3.63) is 120 Å². The van der Waals surface area contributed by atoms with Crippen LogP contribution in [0.4, 0.5) is 5.69 Å². The van der Waals surface area contributed by atoms with Crippen LogP contribution in [-0.4, -0.2) is 57.5 Å². The SMILES string of the molecule is COc1ccc(OC)c(N(CC(=O)N(Cc2cccc(C)c2)[C@@H](Cc2ccccc2)C(=O)NC(C)(C)C)S(=O)(=O)c2ccccc2)c1. The van der Waals surface area contributed by atoms with Crippen LogP contribution >= 0.6 is 0 Å². The maximum Gasteiger partial charge on any atom is 0.264 e. The number of nitrogens with zero attached hydrogens (tertiary/aromatic N) is 2. The molecule has 0 aliphatic heterocycles. The van der Waals surface area contributed by atoms with E-state index in [1.165, 1.54) is 37.3 Å². The molecule has 4 rings (SSSR count). The van der Waals surface area contributed by atoms with Gasteiger partial charge in [-0.1, -0.05) is 78.4 Å². The maximum atomic E-state index is 14.7. The van der Waals surface area contributed by atoms with Gasteiger partial charge in [0.2, 0.25) is 11.8 Å². The molecule has 0 heterocycles. The number of aryl methyl sites for hydroxylation is 1. The minimum atomic E-state index is -4.30. The fourth-order valence-corrected chi connectivity index (χ4v) is 6.68. The van der Waals surface area contributed by atoms with E-state index in [9.17, 15) is 18.0 Å². The molecule has 1 N–H and O–H groups in total. The molecule has 0 aromatic heterocycles. The van der Waals surface area contributed by atoms with Crippen LogP contribution < -0.4 is 19.1 Å². The van der Waals surface area contributed by atoms with E-state index in [-0.39, 0.29) is 35.2 Å². The quantitative estimate of drug-likeness (QED) is 0.196. The highest BCUT2D eigenvalue weighted by molar-refractivity contribution is 7.92. The first-order valence-electron chi connectivity index (χ1n) is 15.3. The van der Waals surface area contributed by atoms with Gasteiger partial charge in [-0.3, -0.25) is 13.9 Å². The summed E-state index contributed by atoms with van der Waals surface area (Å²) in [6.07, 6.45) is 0.216. The van der Waals surface area contributed by atoms with Crippen molar-refractivity contribution in [2.24, 2.45) is 0 Å². The Morgan fingerprint density at radius 2 is 1.45 bits per heavy atom. The molecule has 4 aromatic carbocycles. The Balaban J connectivity index is 1.87. The molecule has 0 bridgehead atoms. The van der Waals surface area contributed by atoms with E-state index >= 15 is 0 Å². The van der Waals surface area contributed by atoms with Crippen LogP contribution in [0.3, 0.4) is 0 Å². The third-order valence-corrected chi connectivity index (χ3v) is 9.24. The molecule has 0 aliphatic carbocycles. The topological polar surface area (TPSA) is 105 Å². The van der Waals surface area contributed by atoms with Crippen molar-refractivity contribution in [1.82, 2.24) is 10.2 Å². The van der Waals surface area contributed by atoms with Crippen LogP contribution in [0.1, 0.15) is 37.5 Å². The van der Waals surface area contributed by atoms with E-state index in [1.807, 2.05) is 82.3 Å². The fraction of sp³-hybridized carbons (Fsp3) is 0.297. The number of carbonyl (C=O) groups is 2. The molecule has 47 heavy (non-hydrogen) atoms. The van der Waals surface area contributed by atoms with E-state index in [0.717, 1.165) is 21.0 Å². The molecule has 0 radical (unpaired) electrons. The summed E-state index contributed by atoms with van der Waals surface area (Å²) in [6, 6.07) is 28.8. The van der Waals surface area contributed by atoms with Crippen molar-refractivity contribution < 1.29 is 27.5 Å². The van der Waals surface area contributed by atoms with Crippen molar-refractivity contribution in [3.8, 4) is 11.5 Å². The number of benzene rings is 4. The number of ether oxygens (including phenoxy) is 2. The number of sulfonamides is 1. The number of nitrogens with one attached hydrogen (secondary N) is 1. The summed E-state index contributed by atoms with van der Waals surface area (Å²) in [5, 5.41) is 3.05. The molecule has 2 amide bonds. The van der Waals surface area contributed by atoms with Crippen molar-refractivity contribution in [2.75, 3.05) is 25.1 Å². The number of carbonyl (C=O) groups excluding carboxylic acids is 2. The molecule has 248 valence electrons. The van der Waals surface area contributed by atoms with Gasteiger partial charge in [-0.2, -0.15) is 0 Å². The summed E-state index contributed by atoms with van der Waals surface area (Å²) in [6.45, 7) is 7.04. The van der Waals surface area contributed by atoms with Gasteiger partial charge in [0.25, 0.3) is 10.0 Å². The number of rotatable bonds is 13. The second-order valence-corrected chi connectivity index (χ2v) is 14.2. The minimum Gasteiger partial charge on any atom is -0.497 e. The summed E-state index contributed by atoms with van der Waals surface area (Å²) < 4.78 is 40.7. The second kappa shape index (κ2) is 15.2. The molecular weight excluding hydrogens is 614 g/mol. The molecule has 0 saturated carbocycles. The van der Waals surface area contributed by atoms with E-state index in [1.54, 1.807) is 30.3 Å². The lowest BCUT2D eigenvalue weighted by molar-refractivity contribution is -0.140. The molecule has 0 spiro atoms. The second-order valence-electron chi connectivity index (χ2n) is 12.3. The maximum absolute atomic E-state index is 14.7. The Morgan fingerprint density at radius 3 is 2.04 bits per heavy atom. The van der Waals surface area contributed by atoms with E-state index in [4.69, 9.17) is 9.47 Å². The van der Waals surface area contributed by atoms with Crippen molar-refractivity contribution in [2.45, 2.75) is 57.1 Å².